The molecule has 1 aromatic heterocycles. The second-order valence-corrected chi connectivity index (χ2v) is 1.83. The van der Waals surface area contributed by atoms with Gasteiger partial charge in [-0.05, 0) is 0 Å². The molecule has 0 saturated carbocycles. The van der Waals surface area contributed by atoms with Crippen molar-refractivity contribution >= 4 is 5.95 Å². The number of rotatable bonds is 0. The third-order valence-electron chi connectivity index (χ3n) is 0.999. The van der Waals surface area contributed by atoms with E-state index in [-0.39, 0.29) is 7.37 Å². The van der Waals surface area contributed by atoms with Gasteiger partial charge in [-0.3, -0.25) is 0 Å². The molecule has 3 nitrogen and oxygen atoms in total. The maximum Gasteiger partial charge on any atom is 0.419 e. The molecule has 0 radical (unpaired) electrons. The molecule has 0 spiro atoms. The third-order valence-corrected chi connectivity index (χ3v) is 0.999. The molecule has 62 valence electrons. The highest BCUT2D eigenvalue weighted by Crippen LogP contribution is 2.27. The summed E-state index contributed by atoms with van der Waals surface area (Å²) in [5.74, 6) is -0.169. The maximum absolute atomic E-state index is 11.8. The zero-order valence-electron chi connectivity index (χ0n) is 5.26. The lowest BCUT2D eigenvalue weighted by Crippen LogP contribution is -2.07. The summed E-state index contributed by atoms with van der Waals surface area (Å²) in [5, 5.41) is 0. The van der Waals surface area contributed by atoms with Crippen LogP contribution in [0.3, 0.4) is 0 Å². The van der Waals surface area contributed by atoms with Crippen molar-refractivity contribution in [2.45, 2.75) is 6.18 Å². The minimum Gasteiger partial charge on any atom is -0.368 e. The fraction of sp³-hybridized carbons (Fsp3) is 0.200. The van der Waals surface area contributed by atoms with E-state index < -0.39 is 11.7 Å². The van der Waals surface area contributed by atoms with E-state index in [9.17, 15) is 13.2 Å². The second kappa shape index (κ2) is 2.37. The van der Waals surface area contributed by atoms with Crippen molar-refractivity contribution in [3.8, 4) is 0 Å². The Balaban J connectivity index is 0.00000121. The molecule has 1 aromatic rings. The topological polar surface area (TPSA) is 51.8 Å². The molecule has 2 N–H and O–H groups in total. The molecule has 0 aliphatic carbocycles. The lowest BCUT2D eigenvalue weighted by Gasteiger charge is -2.03. The average molecular weight is 165 g/mol. The fourth-order valence-electron chi connectivity index (χ4n) is 0.484. The van der Waals surface area contributed by atoms with E-state index in [1.807, 2.05) is 0 Å². The van der Waals surface area contributed by atoms with E-state index in [0.717, 1.165) is 0 Å². The van der Waals surface area contributed by atoms with E-state index in [2.05, 4.69) is 9.97 Å². The van der Waals surface area contributed by atoms with Gasteiger partial charge in [-0.25, -0.2) is 9.97 Å². The number of hydrogen-bond acceptors (Lipinski definition) is 3. The Labute approximate surface area is 61.6 Å². The number of halogens is 3. The number of anilines is 1. The summed E-state index contributed by atoms with van der Waals surface area (Å²) in [4.78, 5) is 6.38. The first-order valence-corrected chi connectivity index (χ1v) is 2.65. The van der Waals surface area contributed by atoms with Crippen LogP contribution < -0.4 is 5.73 Å². The standard InChI is InChI=1S/C5H4F3N3.H2/c6-5(7,8)3-1-10-4(9)11-2-3;/h1-2H,(H2,9,10,11);1H. The van der Waals surface area contributed by atoms with Crippen LogP contribution in [0, 0.1) is 0 Å². The highest BCUT2D eigenvalue weighted by atomic mass is 19.4. The molecule has 0 fully saturated rings. The normalized spacial score (nSPS) is 11.5. The van der Waals surface area contributed by atoms with Crippen LogP contribution in [0.2, 0.25) is 0 Å². The zero-order valence-corrected chi connectivity index (χ0v) is 5.26. The first-order valence-electron chi connectivity index (χ1n) is 2.65. The number of aromatic nitrogens is 2. The molecule has 0 atom stereocenters. The van der Waals surface area contributed by atoms with Crippen LogP contribution in [-0.4, -0.2) is 9.97 Å². The van der Waals surface area contributed by atoms with Crippen LogP contribution in [0.15, 0.2) is 12.4 Å². The van der Waals surface area contributed by atoms with Crippen LogP contribution in [0.4, 0.5) is 19.1 Å². The smallest absolute Gasteiger partial charge is 0.368 e. The van der Waals surface area contributed by atoms with Gasteiger partial charge in [0.1, 0.15) is 0 Å². The molecule has 1 heterocycles. The van der Waals surface area contributed by atoms with E-state index in [1.54, 1.807) is 0 Å². The monoisotopic (exact) mass is 165 g/mol. The Morgan fingerprint density at radius 2 is 1.73 bits per heavy atom. The van der Waals surface area contributed by atoms with Gasteiger partial charge >= 0.3 is 6.18 Å². The molecule has 0 saturated heterocycles. The van der Waals surface area contributed by atoms with Crippen molar-refractivity contribution in [3.05, 3.63) is 18.0 Å². The first kappa shape index (κ1) is 7.77. The highest BCUT2D eigenvalue weighted by molar-refractivity contribution is 5.18. The molecule has 0 unspecified atom stereocenters. The van der Waals surface area contributed by atoms with Gasteiger partial charge in [-0.15, -0.1) is 0 Å². The number of hydrogen-bond donors (Lipinski definition) is 1. The third kappa shape index (κ3) is 1.79. The fourth-order valence-corrected chi connectivity index (χ4v) is 0.484. The van der Waals surface area contributed by atoms with Crippen molar-refractivity contribution in [3.63, 3.8) is 0 Å². The molecular weight excluding hydrogens is 159 g/mol. The summed E-state index contributed by atoms with van der Waals surface area (Å²) in [6.45, 7) is 0. The lowest BCUT2D eigenvalue weighted by atomic mass is 10.3. The Morgan fingerprint density at radius 1 is 1.27 bits per heavy atom. The van der Waals surface area contributed by atoms with E-state index in [0.29, 0.717) is 12.4 Å². The van der Waals surface area contributed by atoms with Gasteiger partial charge < -0.3 is 5.73 Å². The lowest BCUT2D eigenvalue weighted by molar-refractivity contribution is -0.138. The molecule has 0 bridgehead atoms. The van der Waals surface area contributed by atoms with E-state index >= 15 is 0 Å². The number of nitrogen functional groups attached to an aromatic ring is 1. The van der Waals surface area contributed by atoms with Crippen LogP contribution in [-0.2, 0) is 6.18 Å². The molecule has 11 heavy (non-hydrogen) atoms. The summed E-state index contributed by atoms with van der Waals surface area (Å²) < 4.78 is 35.4. The molecule has 6 heteroatoms. The minimum atomic E-state index is -4.40. The first-order chi connectivity index (χ1) is 5.00. The predicted molar refractivity (Wildman–Crippen MR) is 33.6 cm³/mol. The summed E-state index contributed by atoms with van der Waals surface area (Å²) in [6, 6.07) is 0. The van der Waals surface area contributed by atoms with E-state index in [1.165, 1.54) is 0 Å². The average Bonchev–Trinajstić information content (AvgIpc) is 1.86. The summed E-state index contributed by atoms with van der Waals surface area (Å²) in [7, 11) is 0. The van der Waals surface area contributed by atoms with Crippen molar-refractivity contribution in [2.24, 2.45) is 0 Å². The Morgan fingerprint density at radius 3 is 2.09 bits per heavy atom. The molecule has 1 rings (SSSR count). The van der Waals surface area contributed by atoms with Gasteiger partial charge in [0.2, 0.25) is 5.95 Å². The molecular formula is C5H6F3N3. The van der Waals surface area contributed by atoms with Gasteiger partial charge in [0.05, 0.1) is 5.56 Å². The Hall–Kier alpha value is -1.33. The summed E-state index contributed by atoms with van der Waals surface area (Å²) >= 11 is 0. The molecule has 0 aliphatic heterocycles. The SMILES string of the molecule is Nc1ncc(C(F)(F)F)cn1.[HH]. The van der Waals surface area contributed by atoms with Crippen molar-refractivity contribution in [2.75, 3.05) is 5.73 Å². The van der Waals surface area contributed by atoms with Crippen molar-refractivity contribution in [1.82, 2.24) is 9.97 Å². The van der Waals surface area contributed by atoms with Gasteiger partial charge in [0, 0.05) is 13.8 Å². The summed E-state index contributed by atoms with van der Waals surface area (Å²) in [6.07, 6.45) is -3.11. The van der Waals surface area contributed by atoms with Gasteiger partial charge in [0.15, 0.2) is 0 Å². The molecule has 0 aromatic carbocycles. The maximum atomic E-state index is 11.8. The van der Waals surface area contributed by atoms with Gasteiger partial charge in [0.25, 0.3) is 0 Å². The molecule has 0 amide bonds. The van der Waals surface area contributed by atoms with Crippen LogP contribution in [0.1, 0.15) is 6.99 Å². The van der Waals surface area contributed by atoms with Crippen LogP contribution in [0.25, 0.3) is 0 Å². The Bertz CT molecular complexity index is 245. The molecule has 0 aliphatic rings. The quantitative estimate of drug-likeness (QED) is 0.630. The van der Waals surface area contributed by atoms with Crippen molar-refractivity contribution < 1.29 is 14.6 Å². The van der Waals surface area contributed by atoms with Gasteiger partial charge in [-0.1, -0.05) is 0 Å². The van der Waals surface area contributed by atoms with Crippen LogP contribution in [0.5, 0.6) is 0 Å². The second-order valence-electron chi connectivity index (χ2n) is 1.83. The zero-order chi connectivity index (χ0) is 8.48. The Kier molecular flexibility index (Phi) is 1.67. The number of nitrogens with zero attached hydrogens (tertiary/aromatic N) is 2. The number of alkyl halides is 3. The van der Waals surface area contributed by atoms with Gasteiger partial charge in [-0.2, -0.15) is 13.2 Å². The predicted octanol–water partition coefficient (Wildman–Crippen LogP) is 1.32. The number of nitrogens with two attached hydrogens (primary N) is 1. The van der Waals surface area contributed by atoms with E-state index in [4.69, 9.17) is 5.73 Å². The van der Waals surface area contributed by atoms with Crippen LogP contribution >= 0.6 is 0 Å². The summed E-state index contributed by atoms with van der Waals surface area (Å²) in [5.41, 5.74) is 4.08. The minimum absolute atomic E-state index is 0. The highest BCUT2D eigenvalue weighted by Gasteiger charge is 2.31. The van der Waals surface area contributed by atoms with Crippen molar-refractivity contribution in [1.29, 1.82) is 0 Å². The largest absolute Gasteiger partial charge is 0.419 e.